The number of amides is 1. The second-order valence-corrected chi connectivity index (χ2v) is 9.35. The number of aromatic nitrogens is 2. The molecular formula is C23H28N6O3. The van der Waals surface area contributed by atoms with Gasteiger partial charge in [0.15, 0.2) is 0 Å². The third-order valence-electron chi connectivity index (χ3n) is 7.90. The van der Waals surface area contributed by atoms with Crippen molar-refractivity contribution in [2.75, 3.05) is 24.9 Å². The molecule has 0 radical (unpaired) electrons. The van der Waals surface area contributed by atoms with Crippen LogP contribution >= 0.6 is 0 Å². The van der Waals surface area contributed by atoms with Gasteiger partial charge in [-0.25, -0.2) is 15.4 Å². The van der Waals surface area contributed by atoms with Gasteiger partial charge in [0.05, 0.1) is 25.8 Å². The number of nitrogens with zero attached hydrogens (tertiary/aromatic N) is 2. The third kappa shape index (κ3) is 2.95. The van der Waals surface area contributed by atoms with E-state index in [4.69, 9.17) is 9.47 Å². The van der Waals surface area contributed by atoms with Crippen LogP contribution in [0.5, 0.6) is 11.6 Å². The van der Waals surface area contributed by atoms with E-state index in [1.807, 2.05) is 18.2 Å². The maximum absolute atomic E-state index is 13.0. The first kappa shape index (κ1) is 19.8. The Kier molecular flexibility index (Phi) is 4.51. The first-order valence-electron chi connectivity index (χ1n) is 11.3. The van der Waals surface area contributed by atoms with Crippen molar-refractivity contribution in [3.63, 3.8) is 0 Å². The van der Waals surface area contributed by atoms with E-state index in [2.05, 4.69) is 31.5 Å². The van der Waals surface area contributed by atoms with Crippen molar-refractivity contribution < 1.29 is 14.3 Å². The Morgan fingerprint density at radius 2 is 2.03 bits per heavy atom. The van der Waals surface area contributed by atoms with Crippen LogP contribution in [0.1, 0.15) is 31.2 Å². The molecule has 4 unspecified atom stereocenters. The minimum Gasteiger partial charge on any atom is -0.497 e. The molecule has 32 heavy (non-hydrogen) atoms. The highest BCUT2D eigenvalue weighted by Crippen LogP contribution is 2.65. The lowest BCUT2D eigenvalue weighted by atomic mass is 9.74. The zero-order valence-corrected chi connectivity index (χ0v) is 18.2. The fourth-order valence-electron chi connectivity index (χ4n) is 6.21. The summed E-state index contributed by atoms with van der Waals surface area (Å²) in [5.41, 5.74) is 8.58. The number of rotatable bonds is 5. The number of fused-ring (bicyclic) bond motifs is 3. The van der Waals surface area contributed by atoms with Gasteiger partial charge in [0.25, 0.3) is 0 Å². The summed E-state index contributed by atoms with van der Waals surface area (Å²) < 4.78 is 10.6. The van der Waals surface area contributed by atoms with Gasteiger partial charge in [-0.05, 0) is 61.3 Å². The molecule has 1 amide bonds. The number of carbonyl (C=O) groups is 1. The van der Waals surface area contributed by atoms with Crippen molar-refractivity contribution in [1.29, 1.82) is 0 Å². The summed E-state index contributed by atoms with van der Waals surface area (Å²) in [7, 11) is 3.27. The lowest BCUT2D eigenvalue weighted by Crippen LogP contribution is -2.39. The van der Waals surface area contributed by atoms with Crippen LogP contribution in [0.4, 0.5) is 11.5 Å². The maximum Gasteiger partial charge on any atom is 0.235 e. The van der Waals surface area contributed by atoms with Gasteiger partial charge in [0, 0.05) is 23.7 Å². The van der Waals surface area contributed by atoms with Crippen molar-refractivity contribution in [2.45, 2.75) is 43.3 Å². The number of carbonyl (C=O) groups excluding carboxylic acids is 1. The van der Waals surface area contributed by atoms with E-state index < -0.39 is 0 Å². The van der Waals surface area contributed by atoms with Gasteiger partial charge in [0.2, 0.25) is 11.8 Å². The number of hydrazine groups is 1. The largest absolute Gasteiger partial charge is 0.497 e. The summed E-state index contributed by atoms with van der Waals surface area (Å²) in [5.74, 6) is 3.61. The highest BCUT2D eigenvalue weighted by molar-refractivity contribution is 6.09. The van der Waals surface area contributed by atoms with Gasteiger partial charge in [-0.2, -0.15) is 0 Å². The van der Waals surface area contributed by atoms with E-state index in [-0.39, 0.29) is 17.5 Å². The third-order valence-corrected chi connectivity index (χ3v) is 7.90. The number of ether oxygens (including phenoxy) is 2. The summed E-state index contributed by atoms with van der Waals surface area (Å²) in [6.07, 6.45) is 5.79. The Balaban J connectivity index is 1.15. The zero-order chi connectivity index (χ0) is 21.9. The van der Waals surface area contributed by atoms with Crippen molar-refractivity contribution >= 4 is 17.4 Å². The Morgan fingerprint density at radius 1 is 1.12 bits per heavy atom. The molecule has 9 nitrogen and oxygen atoms in total. The highest BCUT2D eigenvalue weighted by Gasteiger charge is 2.67. The summed E-state index contributed by atoms with van der Waals surface area (Å²) in [4.78, 5) is 21.4. The minimum absolute atomic E-state index is 0.0912. The molecule has 3 fully saturated rings. The molecule has 3 heterocycles. The number of nitrogens with one attached hydrogen (secondary N) is 4. The van der Waals surface area contributed by atoms with Crippen molar-refractivity contribution in [3.8, 4) is 11.6 Å². The molecule has 6 atom stereocenters. The highest BCUT2D eigenvalue weighted by atomic mass is 16.5. The molecule has 1 aromatic heterocycles. The minimum atomic E-state index is -0.372. The molecule has 4 aliphatic rings. The Bertz CT molecular complexity index is 1060. The fourth-order valence-corrected chi connectivity index (χ4v) is 6.21. The Morgan fingerprint density at radius 3 is 2.88 bits per heavy atom. The molecule has 2 saturated carbocycles. The average molecular weight is 437 g/mol. The van der Waals surface area contributed by atoms with Crippen molar-refractivity contribution in [2.24, 2.45) is 17.8 Å². The monoisotopic (exact) mass is 436 g/mol. The van der Waals surface area contributed by atoms with Crippen molar-refractivity contribution in [1.82, 2.24) is 20.8 Å². The molecule has 0 bridgehead atoms. The standard InChI is InChI=1S/C23H28N6O3/c1-31-13-4-6-17-15(8-13)23(22(30)26-17)10-16(23)12-3-5-14-18(7-12)28-29-21(14)27-19-9-20(32-2)25-11-24-19/h4,6,8-9,11-12,14,16,18,21,28-29H,3,5,7,10H2,1-2H3,(H,26,30)(H,24,25,27)/t12?,14?,16-,18?,21?,23-/m0/s1. The molecule has 1 spiro atoms. The van der Waals surface area contributed by atoms with E-state index in [0.29, 0.717) is 29.7 Å². The van der Waals surface area contributed by atoms with Crippen LogP contribution < -0.4 is 31.0 Å². The Labute approximate surface area is 186 Å². The van der Waals surface area contributed by atoms with E-state index >= 15 is 0 Å². The molecule has 2 aliphatic carbocycles. The van der Waals surface area contributed by atoms with Crippen LogP contribution in [0.2, 0.25) is 0 Å². The molecule has 2 aromatic rings. The summed E-state index contributed by atoms with van der Waals surface area (Å²) in [5, 5.41) is 6.58. The first-order valence-corrected chi connectivity index (χ1v) is 11.3. The Hall–Kier alpha value is -2.91. The van der Waals surface area contributed by atoms with Gasteiger partial charge < -0.3 is 20.1 Å². The maximum atomic E-state index is 13.0. The summed E-state index contributed by atoms with van der Waals surface area (Å²) >= 11 is 0. The van der Waals surface area contributed by atoms with Gasteiger partial charge in [-0.15, -0.1) is 0 Å². The average Bonchev–Trinajstić information content (AvgIpc) is 3.38. The molecule has 2 aliphatic heterocycles. The fraction of sp³-hybridized carbons (Fsp3) is 0.522. The van der Waals surface area contributed by atoms with Gasteiger partial charge in [0.1, 0.15) is 17.9 Å². The summed E-state index contributed by atoms with van der Waals surface area (Å²) in [6.45, 7) is 0. The molecule has 1 aromatic carbocycles. The van der Waals surface area contributed by atoms with E-state index in [1.54, 1.807) is 20.3 Å². The van der Waals surface area contributed by atoms with Crippen LogP contribution in [-0.4, -0.2) is 42.3 Å². The van der Waals surface area contributed by atoms with Crippen LogP contribution in [0.3, 0.4) is 0 Å². The van der Waals surface area contributed by atoms with Crippen molar-refractivity contribution in [3.05, 3.63) is 36.2 Å². The van der Waals surface area contributed by atoms with Crippen LogP contribution in [0.15, 0.2) is 30.6 Å². The molecule has 1 saturated heterocycles. The molecule has 6 rings (SSSR count). The predicted octanol–water partition coefficient (Wildman–Crippen LogP) is 2.03. The molecule has 9 heteroatoms. The van der Waals surface area contributed by atoms with E-state index in [9.17, 15) is 4.79 Å². The first-order chi connectivity index (χ1) is 15.6. The van der Waals surface area contributed by atoms with Gasteiger partial charge in [-0.1, -0.05) is 0 Å². The number of methoxy groups -OCH3 is 2. The predicted molar refractivity (Wildman–Crippen MR) is 118 cm³/mol. The topological polar surface area (TPSA) is 109 Å². The van der Waals surface area contributed by atoms with E-state index in [1.165, 1.54) is 6.33 Å². The van der Waals surface area contributed by atoms with Gasteiger partial charge >= 0.3 is 0 Å². The van der Waals surface area contributed by atoms with E-state index in [0.717, 1.165) is 48.5 Å². The SMILES string of the molecule is COc1ccc2c(c1)[C@]1(C[C@H]1C1CCC3C(C1)NNC3Nc1cc(OC)ncn1)C(=O)N2. The normalized spacial score (nSPS) is 34.6. The van der Waals surface area contributed by atoms with Gasteiger partial charge in [-0.3, -0.25) is 10.2 Å². The number of benzene rings is 1. The molecule has 4 N–H and O–H groups in total. The number of hydrogen-bond donors (Lipinski definition) is 4. The van der Waals surface area contributed by atoms with Crippen LogP contribution in [0.25, 0.3) is 0 Å². The lowest BCUT2D eigenvalue weighted by molar-refractivity contribution is -0.118. The smallest absolute Gasteiger partial charge is 0.235 e. The summed E-state index contributed by atoms with van der Waals surface area (Å²) in [6, 6.07) is 8.09. The number of anilines is 2. The molecule has 168 valence electrons. The second-order valence-electron chi connectivity index (χ2n) is 9.35. The second kappa shape index (κ2) is 7.31. The number of hydrogen-bond acceptors (Lipinski definition) is 8. The van der Waals surface area contributed by atoms with Crippen LogP contribution in [0, 0.1) is 17.8 Å². The molecular weight excluding hydrogens is 408 g/mol. The quantitative estimate of drug-likeness (QED) is 0.564. The lowest BCUT2D eigenvalue weighted by Gasteiger charge is -2.34. The zero-order valence-electron chi connectivity index (χ0n) is 18.2. The van der Waals surface area contributed by atoms with Crippen LogP contribution in [-0.2, 0) is 10.2 Å².